The lowest BCUT2D eigenvalue weighted by atomic mass is 9.96. The van der Waals surface area contributed by atoms with E-state index in [1.807, 2.05) is 24.3 Å². The molecule has 1 saturated heterocycles. The Morgan fingerprint density at radius 2 is 2.00 bits per heavy atom. The molecule has 0 unspecified atom stereocenters. The van der Waals surface area contributed by atoms with Gasteiger partial charge in [0.05, 0.1) is 6.61 Å². The number of nitrogens with zero attached hydrogens (tertiary/aromatic N) is 2. The molecule has 0 saturated carbocycles. The molecule has 1 amide bonds. The van der Waals surface area contributed by atoms with Crippen molar-refractivity contribution in [2.45, 2.75) is 32.1 Å². The topological polar surface area (TPSA) is 101 Å². The number of primary amides is 1. The number of piperidine rings is 1. The van der Waals surface area contributed by atoms with Crippen LogP contribution in [0.5, 0.6) is 5.75 Å². The minimum atomic E-state index is -0.152. The number of ether oxygens (including phenoxy) is 2. The fourth-order valence-electron chi connectivity index (χ4n) is 3.48. The summed E-state index contributed by atoms with van der Waals surface area (Å²) in [4.78, 5) is 18.0. The van der Waals surface area contributed by atoms with Gasteiger partial charge in [-0.25, -0.2) is 0 Å². The summed E-state index contributed by atoms with van der Waals surface area (Å²) in [5.41, 5.74) is 6.33. The molecule has 9 heteroatoms. The first-order chi connectivity index (χ1) is 14.6. The van der Waals surface area contributed by atoms with Crippen LogP contribution in [-0.2, 0) is 9.53 Å². The number of aliphatic imine (C=N–C) groups is 1. The van der Waals surface area contributed by atoms with Crippen molar-refractivity contribution in [2.24, 2.45) is 16.6 Å². The third-order valence-electron chi connectivity index (χ3n) is 5.27. The summed E-state index contributed by atoms with van der Waals surface area (Å²) in [5, 5.41) is 6.67. The Labute approximate surface area is 203 Å². The Kier molecular flexibility index (Phi) is 14.3. The Morgan fingerprint density at radius 3 is 2.68 bits per heavy atom. The number of hydrogen-bond donors (Lipinski definition) is 3. The van der Waals surface area contributed by atoms with Crippen molar-refractivity contribution in [3.05, 3.63) is 24.3 Å². The van der Waals surface area contributed by atoms with Gasteiger partial charge in [0.2, 0.25) is 5.91 Å². The SMILES string of the molecule is CN=C(NCCCCN1CCC(C(N)=O)CC1)Nc1cccc(OCCCOC)c1.I. The second kappa shape index (κ2) is 16.1. The average Bonchev–Trinajstić information content (AvgIpc) is 2.76. The summed E-state index contributed by atoms with van der Waals surface area (Å²) in [6.07, 6.45) is 4.80. The van der Waals surface area contributed by atoms with Crippen molar-refractivity contribution in [3.63, 3.8) is 0 Å². The summed E-state index contributed by atoms with van der Waals surface area (Å²) in [6, 6.07) is 7.86. The van der Waals surface area contributed by atoms with Crippen molar-refractivity contribution in [2.75, 3.05) is 58.9 Å². The maximum absolute atomic E-state index is 11.2. The Bertz CT molecular complexity index is 666. The third kappa shape index (κ3) is 11.0. The number of guanidine groups is 1. The second-order valence-electron chi connectivity index (χ2n) is 7.57. The smallest absolute Gasteiger partial charge is 0.220 e. The number of methoxy groups -OCH3 is 1. The molecule has 0 aromatic heterocycles. The predicted molar refractivity (Wildman–Crippen MR) is 136 cm³/mol. The van der Waals surface area contributed by atoms with Gasteiger partial charge in [0.15, 0.2) is 5.96 Å². The maximum atomic E-state index is 11.2. The van der Waals surface area contributed by atoms with E-state index < -0.39 is 0 Å². The number of likely N-dealkylation sites (tertiary alicyclic amines) is 1. The monoisotopic (exact) mass is 547 g/mol. The lowest BCUT2D eigenvalue weighted by Gasteiger charge is -2.30. The first-order valence-corrected chi connectivity index (χ1v) is 10.8. The van der Waals surface area contributed by atoms with Gasteiger partial charge in [0, 0.05) is 51.4 Å². The van der Waals surface area contributed by atoms with E-state index in [2.05, 4.69) is 20.5 Å². The highest BCUT2D eigenvalue weighted by atomic mass is 127. The molecular weight excluding hydrogens is 509 g/mol. The summed E-state index contributed by atoms with van der Waals surface area (Å²) in [6.45, 7) is 5.17. The summed E-state index contributed by atoms with van der Waals surface area (Å²) >= 11 is 0. The number of nitrogens with two attached hydrogens (primary N) is 1. The van der Waals surface area contributed by atoms with Gasteiger partial charge >= 0.3 is 0 Å². The second-order valence-corrected chi connectivity index (χ2v) is 7.57. The molecule has 4 N–H and O–H groups in total. The molecule has 0 aliphatic carbocycles. The van der Waals surface area contributed by atoms with Crippen LogP contribution in [0.1, 0.15) is 32.1 Å². The number of carbonyl (C=O) groups excluding carboxylic acids is 1. The summed E-state index contributed by atoms with van der Waals surface area (Å²) in [7, 11) is 3.46. The molecule has 1 aromatic rings. The van der Waals surface area contributed by atoms with Crippen LogP contribution >= 0.6 is 24.0 Å². The fourth-order valence-corrected chi connectivity index (χ4v) is 3.48. The number of benzene rings is 1. The van der Waals surface area contributed by atoms with E-state index in [0.717, 1.165) is 75.7 Å². The molecule has 1 fully saturated rings. The van der Waals surface area contributed by atoms with Crippen LogP contribution < -0.4 is 21.1 Å². The molecule has 0 radical (unpaired) electrons. The molecule has 2 rings (SSSR count). The number of hydrogen-bond acceptors (Lipinski definition) is 5. The number of carbonyl (C=O) groups is 1. The minimum Gasteiger partial charge on any atom is -0.493 e. The average molecular weight is 547 g/mol. The lowest BCUT2D eigenvalue weighted by molar-refractivity contribution is -0.123. The number of unbranched alkanes of at least 4 members (excludes halogenated alkanes) is 1. The fraction of sp³-hybridized carbons (Fsp3) is 0.636. The first kappa shape index (κ1) is 27.4. The van der Waals surface area contributed by atoms with Gasteiger partial charge in [-0.2, -0.15) is 0 Å². The van der Waals surface area contributed by atoms with Gasteiger partial charge in [-0.3, -0.25) is 9.79 Å². The molecule has 1 aromatic carbocycles. The van der Waals surface area contributed by atoms with Crippen LogP contribution in [0, 0.1) is 5.92 Å². The number of rotatable bonds is 12. The lowest BCUT2D eigenvalue weighted by Crippen LogP contribution is -2.39. The molecule has 0 spiro atoms. The number of amides is 1. The molecule has 176 valence electrons. The van der Waals surface area contributed by atoms with Crippen molar-refractivity contribution >= 4 is 41.5 Å². The molecule has 1 aliphatic heterocycles. The minimum absolute atomic E-state index is 0. The Balaban J connectivity index is 0.00000480. The van der Waals surface area contributed by atoms with E-state index in [9.17, 15) is 4.79 Å². The van der Waals surface area contributed by atoms with E-state index in [0.29, 0.717) is 13.2 Å². The van der Waals surface area contributed by atoms with E-state index in [4.69, 9.17) is 15.2 Å². The largest absolute Gasteiger partial charge is 0.493 e. The van der Waals surface area contributed by atoms with E-state index >= 15 is 0 Å². The van der Waals surface area contributed by atoms with Crippen molar-refractivity contribution in [1.29, 1.82) is 0 Å². The third-order valence-corrected chi connectivity index (χ3v) is 5.27. The molecule has 1 aliphatic rings. The van der Waals surface area contributed by atoms with Crippen molar-refractivity contribution in [1.82, 2.24) is 10.2 Å². The zero-order chi connectivity index (χ0) is 21.6. The van der Waals surface area contributed by atoms with Gasteiger partial charge in [0.1, 0.15) is 5.75 Å². The highest BCUT2D eigenvalue weighted by Crippen LogP contribution is 2.18. The predicted octanol–water partition coefficient (Wildman–Crippen LogP) is 2.68. The highest BCUT2D eigenvalue weighted by molar-refractivity contribution is 14.0. The molecule has 0 atom stereocenters. The number of anilines is 1. The van der Waals surface area contributed by atoms with Gasteiger partial charge in [-0.05, 0) is 57.5 Å². The Hall–Kier alpha value is -1.59. The van der Waals surface area contributed by atoms with Gasteiger partial charge < -0.3 is 30.7 Å². The van der Waals surface area contributed by atoms with Crippen LogP contribution in [0.25, 0.3) is 0 Å². The van der Waals surface area contributed by atoms with Gasteiger partial charge in [-0.15, -0.1) is 24.0 Å². The molecule has 8 nitrogen and oxygen atoms in total. The maximum Gasteiger partial charge on any atom is 0.220 e. The normalized spacial score (nSPS) is 15.2. The molecule has 0 bridgehead atoms. The molecular formula is C22H38IN5O3. The number of halogens is 1. The van der Waals surface area contributed by atoms with Crippen LogP contribution in [0.3, 0.4) is 0 Å². The standard InChI is InChI=1S/C22H37N5O3.HI/c1-24-22(26-19-7-5-8-20(17-19)30-16-6-15-29-2)25-11-3-4-12-27-13-9-18(10-14-27)21(23)28;/h5,7-8,17-18H,3-4,6,9-16H2,1-2H3,(H2,23,28)(H2,24,25,26);1H. The number of nitrogens with one attached hydrogen (secondary N) is 2. The van der Waals surface area contributed by atoms with Gasteiger partial charge in [-0.1, -0.05) is 6.07 Å². The van der Waals surface area contributed by atoms with E-state index in [1.54, 1.807) is 14.2 Å². The quantitative estimate of drug-likeness (QED) is 0.161. The zero-order valence-corrected chi connectivity index (χ0v) is 21.1. The highest BCUT2D eigenvalue weighted by Gasteiger charge is 2.22. The van der Waals surface area contributed by atoms with Crippen LogP contribution in [0.2, 0.25) is 0 Å². The van der Waals surface area contributed by atoms with Crippen LogP contribution in [0.15, 0.2) is 29.3 Å². The summed E-state index contributed by atoms with van der Waals surface area (Å²) in [5.74, 6) is 1.48. The first-order valence-electron chi connectivity index (χ1n) is 10.8. The summed E-state index contributed by atoms with van der Waals surface area (Å²) < 4.78 is 10.8. The van der Waals surface area contributed by atoms with Crippen molar-refractivity contribution in [3.8, 4) is 5.75 Å². The van der Waals surface area contributed by atoms with Crippen LogP contribution in [0.4, 0.5) is 5.69 Å². The van der Waals surface area contributed by atoms with E-state index in [1.165, 1.54) is 0 Å². The zero-order valence-electron chi connectivity index (χ0n) is 18.8. The molecule has 1 heterocycles. The Morgan fingerprint density at radius 1 is 1.23 bits per heavy atom. The van der Waals surface area contributed by atoms with Crippen LogP contribution in [-0.4, -0.2) is 70.3 Å². The van der Waals surface area contributed by atoms with Crippen molar-refractivity contribution < 1.29 is 14.3 Å². The van der Waals surface area contributed by atoms with Gasteiger partial charge in [0.25, 0.3) is 0 Å². The van der Waals surface area contributed by atoms with E-state index in [-0.39, 0.29) is 35.8 Å². The molecule has 31 heavy (non-hydrogen) atoms.